The number of hydrogen-bond donors (Lipinski definition) is 1. The summed E-state index contributed by atoms with van der Waals surface area (Å²) in [5, 5.41) is 2.98. The Kier molecular flexibility index (Phi) is 3.73. The fraction of sp³-hybridized carbons (Fsp3) is 0.909. The highest BCUT2D eigenvalue weighted by atomic mass is 32.2. The molecule has 0 atom stereocenters. The third-order valence-electron chi connectivity index (χ3n) is 3.51. The van der Waals surface area contributed by atoms with Crippen LogP contribution in [-0.2, 0) is 14.8 Å². The maximum absolute atomic E-state index is 11.8. The highest BCUT2D eigenvalue weighted by Gasteiger charge is 2.32. The van der Waals surface area contributed by atoms with Crippen LogP contribution >= 0.6 is 0 Å². The van der Waals surface area contributed by atoms with Gasteiger partial charge in [-0.05, 0) is 32.6 Å². The fourth-order valence-corrected chi connectivity index (χ4v) is 3.26. The van der Waals surface area contributed by atoms with Crippen molar-refractivity contribution in [3.05, 3.63) is 0 Å². The van der Waals surface area contributed by atoms with E-state index >= 15 is 0 Å². The molecule has 0 radical (unpaired) electrons. The second-order valence-electron chi connectivity index (χ2n) is 4.86. The summed E-state index contributed by atoms with van der Waals surface area (Å²) in [7, 11) is -3.08. The lowest BCUT2D eigenvalue weighted by molar-refractivity contribution is -0.126. The molecule has 17 heavy (non-hydrogen) atoms. The molecule has 5 nitrogen and oxygen atoms in total. The van der Waals surface area contributed by atoms with Crippen LogP contribution in [0.1, 0.15) is 32.6 Å². The van der Waals surface area contributed by atoms with E-state index in [1.165, 1.54) is 4.31 Å². The molecule has 0 aromatic heterocycles. The molecule has 0 aromatic rings. The minimum absolute atomic E-state index is 0.00101. The lowest BCUT2D eigenvalue weighted by Crippen LogP contribution is -2.43. The highest BCUT2D eigenvalue weighted by Crippen LogP contribution is 2.23. The Labute approximate surface area is 103 Å². The van der Waals surface area contributed by atoms with E-state index in [9.17, 15) is 13.2 Å². The van der Waals surface area contributed by atoms with E-state index in [0.29, 0.717) is 32.0 Å². The van der Waals surface area contributed by atoms with Gasteiger partial charge in [0.2, 0.25) is 15.9 Å². The molecule has 1 aliphatic heterocycles. The maximum atomic E-state index is 11.8. The van der Waals surface area contributed by atoms with Crippen LogP contribution in [0.3, 0.4) is 0 Å². The van der Waals surface area contributed by atoms with E-state index in [1.807, 2.05) is 0 Å². The number of hydrogen-bond acceptors (Lipinski definition) is 3. The second kappa shape index (κ2) is 4.94. The Morgan fingerprint density at radius 3 is 2.29 bits per heavy atom. The van der Waals surface area contributed by atoms with Gasteiger partial charge in [0.25, 0.3) is 0 Å². The topological polar surface area (TPSA) is 66.5 Å². The first-order valence-corrected chi connectivity index (χ1v) is 7.92. The molecule has 0 spiro atoms. The van der Waals surface area contributed by atoms with Crippen molar-refractivity contribution < 1.29 is 13.2 Å². The third kappa shape index (κ3) is 3.19. The van der Waals surface area contributed by atoms with Crippen LogP contribution in [-0.4, -0.2) is 43.5 Å². The van der Waals surface area contributed by atoms with Gasteiger partial charge in [-0.2, -0.15) is 0 Å². The van der Waals surface area contributed by atoms with E-state index in [1.54, 1.807) is 6.92 Å². The summed E-state index contributed by atoms with van der Waals surface area (Å²) < 4.78 is 24.8. The van der Waals surface area contributed by atoms with Crippen molar-refractivity contribution in [1.29, 1.82) is 0 Å². The number of amides is 1. The summed E-state index contributed by atoms with van der Waals surface area (Å²) in [5.74, 6) is 0.256. The minimum Gasteiger partial charge on any atom is -0.353 e. The summed E-state index contributed by atoms with van der Waals surface area (Å²) in [6.45, 7) is 2.62. The van der Waals surface area contributed by atoms with Crippen LogP contribution < -0.4 is 5.32 Å². The van der Waals surface area contributed by atoms with Gasteiger partial charge < -0.3 is 5.32 Å². The molecule has 2 aliphatic rings. The largest absolute Gasteiger partial charge is 0.353 e. The molecule has 1 saturated heterocycles. The van der Waals surface area contributed by atoms with Gasteiger partial charge >= 0.3 is 0 Å². The molecule has 2 fully saturated rings. The summed E-state index contributed by atoms with van der Waals surface area (Å²) in [5.41, 5.74) is 0. The molecule has 1 heterocycles. The standard InChI is InChI=1S/C11H20N2O3S/c1-2-17(15,16)13-7-5-9(6-8-13)11(14)12-10-3-4-10/h9-10H,2-8H2,1H3,(H,12,14). The van der Waals surface area contributed by atoms with Crippen molar-refractivity contribution in [2.45, 2.75) is 38.6 Å². The predicted octanol–water partition coefficient (Wildman–Crippen LogP) is 0.327. The quantitative estimate of drug-likeness (QED) is 0.792. The Hall–Kier alpha value is -0.620. The molecule has 1 aliphatic carbocycles. The number of nitrogens with one attached hydrogen (secondary N) is 1. The Morgan fingerprint density at radius 2 is 1.82 bits per heavy atom. The van der Waals surface area contributed by atoms with Gasteiger partial charge in [-0.25, -0.2) is 12.7 Å². The Morgan fingerprint density at radius 1 is 1.24 bits per heavy atom. The molecule has 6 heteroatoms. The molecule has 1 N–H and O–H groups in total. The van der Waals surface area contributed by atoms with Gasteiger partial charge in [-0.3, -0.25) is 4.79 Å². The molecular weight excluding hydrogens is 240 g/mol. The monoisotopic (exact) mass is 260 g/mol. The number of nitrogens with zero attached hydrogens (tertiary/aromatic N) is 1. The zero-order valence-corrected chi connectivity index (χ0v) is 11.0. The average Bonchev–Trinajstić information content (AvgIpc) is 3.13. The van der Waals surface area contributed by atoms with Crippen LogP contribution in [0.15, 0.2) is 0 Å². The Bertz CT molecular complexity index is 382. The van der Waals surface area contributed by atoms with Crippen LogP contribution in [0.4, 0.5) is 0 Å². The van der Waals surface area contributed by atoms with Crippen LogP contribution in [0.25, 0.3) is 0 Å². The van der Waals surface area contributed by atoms with Crippen molar-refractivity contribution in [3.8, 4) is 0 Å². The van der Waals surface area contributed by atoms with E-state index in [4.69, 9.17) is 0 Å². The van der Waals surface area contributed by atoms with Crippen LogP contribution in [0.5, 0.6) is 0 Å². The smallest absolute Gasteiger partial charge is 0.223 e. The van der Waals surface area contributed by atoms with E-state index in [2.05, 4.69) is 5.32 Å². The number of piperidine rings is 1. The zero-order valence-electron chi connectivity index (χ0n) is 10.2. The fourth-order valence-electron chi connectivity index (χ4n) is 2.13. The highest BCUT2D eigenvalue weighted by molar-refractivity contribution is 7.89. The Balaban J connectivity index is 1.83. The van der Waals surface area contributed by atoms with Crippen LogP contribution in [0, 0.1) is 5.92 Å². The maximum Gasteiger partial charge on any atom is 0.223 e. The second-order valence-corrected chi connectivity index (χ2v) is 7.11. The molecule has 0 aromatic carbocycles. The number of carbonyl (C=O) groups excluding carboxylic acids is 1. The van der Waals surface area contributed by atoms with Crippen molar-refractivity contribution >= 4 is 15.9 Å². The van der Waals surface area contributed by atoms with Crippen LogP contribution in [0.2, 0.25) is 0 Å². The zero-order chi connectivity index (χ0) is 12.5. The number of sulfonamides is 1. The number of rotatable bonds is 4. The number of carbonyl (C=O) groups is 1. The molecule has 0 unspecified atom stereocenters. The molecule has 0 bridgehead atoms. The van der Waals surface area contributed by atoms with Crippen molar-refractivity contribution in [2.75, 3.05) is 18.8 Å². The lowest BCUT2D eigenvalue weighted by atomic mass is 9.97. The first-order chi connectivity index (χ1) is 8.03. The summed E-state index contributed by atoms with van der Waals surface area (Å²) >= 11 is 0. The van der Waals surface area contributed by atoms with E-state index in [0.717, 1.165) is 12.8 Å². The molecule has 98 valence electrons. The van der Waals surface area contributed by atoms with E-state index in [-0.39, 0.29) is 17.6 Å². The lowest BCUT2D eigenvalue weighted by Gasteiger charge is -2.30. The van der Waals surface area contributed by atoms with Crippen molar-refractivity contribution in [2.24, 2.45) is 5.92 Å². The molecule has 1 amide bonds. The molecular formula is C11H20N2O3S. The average molecular weight is 260 g/mol. The summed E-state index contributed by atoms with van der Waals surface area (Å²) in [4.78, 5) is 11.8. The SMILES string of the molecule is CCS(=O)(=O)N1CCC(C(=O)NC2CC2)CC1. The summed E-state index contributed by atoms with van der Waals surface area (Å²) in [6.07, 6.45) is 3.49. The van der Waals surface area contributed by atoms with Gasteiger partial charge in [0.15, 0.2) is 0 Å². The third-order valence-corrected chi connectivity index (χ3v) is 5.39. The van der Waals surface area contributed by atoms with Gasteiger partial charge in [-0.1, -0.05) is 0 Å². The predicted molar refractivity (Wildman–Crippen MR) is 64.9 cm³/mol. The summed E-state index contributed by atoms with van der Waals surface area (Å²) in [6, 6.07) is 0.389. The first-order valence-electron chi connectivity index (χ1n) is 6.31. The van der Waals surface area contributed by atoms with Gasteiger partial charge in [-0.15, -0.1) is 0 Å². The van der Waals surface area contributed by atoms with Crippen molar-refractivity contribution in [1.82, 2.24) is 9.62 Å². The van der Waals surface area contributed by atoms with Crippen molar-refractivity contribution in [3.63, 3.8) is 0 Å². The molecule has 2 rings (SSSR count). The van der Waals surface area contributed by atoms with E-state index < -0.39 is 10.0 Å². The first kappa shape index (κ1) is 12.8. The minimum atomic E-state index is -3.08. The normalized spacial score (nSPS) is 23.6. The van der Waals surface area contributed by atoms with Gasteiger partial charge in [0, 0.05) is 25.0 Å². The van der Waals surface area contributed by atoms with Gasteiger partial charge in [0.05, 0.1) is 5.75 Å². The molecule has 1 saturated carbocycles. The van der Waals surface area contributed by atoms with Gasteiger partial charge in [0.1, 0.15) is 0 Å².